The van der Waals surface area contributed by atoms with Gasteiger partial charge < -0.3 is 14.2 Å². The number of hydrogen-bond acceptors (Lipinski definition) is 6. The van der Waals surface area contributed by atoms with E-state index in [0.29, 0.717) is 44.3 Å². The fourth-order valence-electron chi connectivity index (χ4n) is 3.30. The topological polar surface area (TPSA) is 60.4 Å². The lowest BCUT2D eigenvalue weighted by Gasteiger charge is -2.15. The molecule has 6 nitrogen and oxygen atoms in total. The Morgan fingerprint density at radius 2 is 1.41 bits per heavy atom. The van der Waals surface area contributed by atoms with Crippen LogP contribution in [-0.4, -0.2) is 32.4 Å². The summed E-state index contributed by atoms with van der Waals surface area (Å²) in [5.74, 6) is 0.256. The summed E-state index contributed by atoms with van der Waals surface area (Å²) in [6.07, 6.45) is 1.65. The van der Waals surface area contributed by atoms with Crippen LogP contribution in [0.25, 0.3) is 6.08 Å². The number of carbonyl (C=O) groups excluding carboxylic acids is 1. The van der Waals surface area contributed by atoms with Crippen molar-refractivity contribution in [1.82, 2.24) is 0 Å². The van der Waals surface area contributed by atoms with E-state index in [0.717, 1.165) is 11.8 Å². The first-order valence-corrected chi connectivity index (χ1v) is 10.9. The lowest BCUT2D eigenvalue weighted by molar-refractivity contribution is -0.113. The van der Waals surface area contributed by atoms with Crippen LogP contribution in [0, 0.1) is 11.6 Å². The van der Waals surface area contributed by atoms with Crippen LogP contribution in [0.5, 0.6) is 17.2 Å². The summed E-state index contributed by atoms with van der Waals surface area (Å²) in [5, 5.41) is 0.334. The Hall–Kier alpha value is -3.85. The van der Waals surface area contributed by atoms with E-state index in [-0.39, 0.29) is 5.91 Å². The Labute approximate surface area is 199 Å². The van der Waals surface area contributed by atoms with Crippen molar-refractivity contribution < 1.29 is 27.8 Å². The highest BCUT2D eigenvalue weighted by Crippen LogP contribution is 2.41. The number of halogens is 2. The molecule has 9 heteroatoms. The Balaban J connectivity index is 1.82. The van der Waals surface area contributed by atoms with Gasteiger partial charge in [-0.15, -0.1) is 0 Å². The molecule has 0 aromatic heterocycles. The molecule has 0 unspecified atom stereocenters. The van der Waals surface area contributed by atoms with Crippen molar-refractivity contribution in [1.29, 1.82) is 0 Å². The molecular formula is C25H20F2N2O4S. The number of aliphatic imine (C=N–C) groups is 1. The summed E-state index contributed by atoms with van der Waals surface area (Å²) in [7, 11) is 4.54. The minimum atomic E-state index is -0.427. The first-order valence-electron chi connectivity index (χ1n) is 10.1. The fraction of sp³-hybridized carbons (Fsp3) is 0.120. The highest BCUT2D eigenvalue weighted by Gasteiger charge is 2.35. The number of anilines is 1. The number of amidine groups is 1. The van der Waals surface area contributed by atoms with Crippen LogP contribution in [0.2, 0.25) is 0 Å². The van der Waals surface area contributed by atoms with Crippen molar-refractivity contribution in [2.75, 3.05) is 26.2 Å². The van der Waals surface area contributed by atoms with Crippen molar-refractivity contribution in [2.24, 2.45) is 4.99 Å². The van der Waals surface area contributed by atoms with Crippen molar-refractivity contribution in [2.45, 2.75) is 0 Å². The molecule has 1 saturated heterocycles. The molecule has 0 atom stereocenters. The molecule has 4 rings (SSSR count). The number of nitrogens with zero attached hydrogens (tertiary/aromatic N) is 2. The van der Waals surface area contributed by atoms with E-state index in [9.17, 15) is 13.6 Å². The number of ether oxygens (including phenoxy) is 3. The zero-order valence-electron chi connectivity index (χ0n) is 18.5. The zero-order valence-corrected chi connectivity index (χ0v) is 19.4. The number of carbonyl (C=O) groups is 1. The molecule has 0 saturated carbocycles. The number of methoxy groups -OCH3 is 3. The molecular weight excluding hydrogens is 462 g/mol. The molecule has 1 aliphatic rings. The van der Waals surface area contributed by atoms with Crippen LogP contribution < -0.4 is 19.1 Å². The van der Waals surface area contributed by atoms with E-state index in [2.05, 4.69) is 4.99 Å². The van der Waals surface area contributed by atoms with Crippen LogP contribution >= 0.6 is 11.8 Å². The summed E-state index contributed by atoms with van der Waals surface area (Å²) in [4.78, 5) is 19.7. The Kier molecular flexibility index (Phi) is 6.83. The van der Waals surface area contributed by atoms with Gasteiger partial charge in [-0.25, -0.2) is 13.8 Å². The Bertz CT molecular complexity index is 1250. The normalized spacial score (nSPS) is 15.8. The fourth-order valence-corrected chi connectivity index (χ4v) is 4.28. The monoisotopic (exact) mass is 482 g/mol. The van der Waals surface area contributed by atoms with E-state index in [1.165, 1.54) is 74.8 Å². The molecule has 1 heterocycles. The summed E-state index contributed by atoms with van der Waals surface area (Å²) in [5.41, 5.74) is 1.45. The lowest BCUT2D eigenvalue weighted by atomic mass is 10.1. The second kappa shape index (κ2) is 9.96. The quantitative estimate of drug-likeness (QED) is 0.416. The third-order valence-electron chi connectivity index (χ3n) is 4.97. The van der Waals surface area contributed by atoms with Crippen LogP contribution in [0.3, 0.4) is 0 Å². The molecule has 0 radical (unpaired) electrons. The lowest BCUT2D eigenvalue weighted by Crippen LogP contribution is -2.28. The molecule has 0 N–H and O–H groups in total. The van der Waals surface area contributed by atoms with Gasteiger partial charge in [0.25, 0.3) is 5.91 Å². The predicted molar refractivity (Wildman–Crippen MR) is 129 cm³/mol. The molecule has 174 valence electrons. The first-order chi connectivity index (χ1) is 16.4. The number of thioether (sulfide) groups is 1. The predicted octanol–water partition coefficient (Wildman–Crippen LogP) is 5.80. The van der Waals surface area contributed by atoms with Gasteiger partial charge in [0.2, 0.25) is 0 Å². The van der Waals surface area contributed by atoms with Gasteiger partial charge in [0.15, 0.2) is 5.17 Å². The van der Waals surface area contributed by atoms with E-state index < -0.39 is 11.6 Å². The van der Waals surface area contributed by atoms with E-state index in [4.69, 9.17) is 14.2 Å². The Morgan fingerprint density at radius 1 is 0.853 bits per heavy atom. The Morgan fingerprint density at radius 3 is 1.94 bits per heavy atom. The van der Waals surface area contributed by atoms with Gasteiger partial charge >= 0.3 is 0 Å². The SMILES string of the molecule is COc1cc(OC)c(/C=C2\SC(=Nc3ccc(F)cc3)N(c3ccc(F)cc3)C2=O)c(OC)c1. The summed E-state index contributed by atoms with van der Waals surface area (Å²) >= 11 is 1.13. The van der Waals surface area contributed by atoms with Gasteiger partial charge in [-0.1, -0.05) is 0 Å². The second-order valence-electron chi connectivity index (χ2n) is 7.04. The van der Waals surface area contributed by atoms with Gasteiger partial charge in [-0.2, -0.15) is 0 Å². The molecule has 0 spiro atoms. The summed E-state index contributed by atoms with van der Waals surface area (Å²) in [6, 6.07) is 14.5. The molecule has 3 aromatic rings. The van der Waals surface area contributed by atoms with Crippen LogP contribution in [0.4, 0.5) is 20.2 Å². The minimum absolute atomic E-state index is 0.334. The number of rotatable bonds is 6. The molecule has 0 bridgehead atoms. The van der Waals surface area contributed by atoms with Gasteiger partial charge in [0.05, 0.1) is 43.2 Å². The van der Waals surface area contributed by atoms with Crippen molar-refractivity contribution in [3.05, 3.63) is 82.8 Å². The molecule has 3 aromatic carbocycles. The van der Waals surface area contributed by atoms with Crippen molar-refractivity contribution in [3.8, 4) is 17.2 Å². The van der Waals surface area contributed by atoms with Crippen LogP contribution in [0.15, 0.2) is 70.6 Å². The highest BCUT2D eigenvalue weighted by atomic mass is 32.2. The van der Waals surface area contributed by atoms with E-state index >= 15 is 0 Å². The first kappa shape index (κ1) is 23.3. The largest absolute Gasteiger partial charge is 0.496 e. The standard InChI is InChI=1S/C25H20F2N2O4S/c1-31-19-12-21(32-2)20(22(13-19)33-3)14-23-24(30)29(18-10-6-16(27)7-11-18)25(34-23)28-17-8-4-15(26)5-9-17/h4-14H,1-3H3/b23-14-,28-25?. The van der Waals surface area contributed by atoms with Gasteiger partial charge in [-0.05, 0) is 66.4 Å². The zero-order chi connectivity index (χ0) is 24.2. The second-order valence-corrected chi connectivity index (χ2v) is 8.05. The average Bonchev–Trinajstić information content (AvgIpc) is 3.15. The van der Waals surface area contributed by atoms with Gasteiger partial charge in [0.1, 0.15) is 28.9 Å². The number of hydrogen-bond donors (Lipinski definition) is 0. The van der Waals surface area contributed by atoms with Gasteiger partial charge in [-0.3, -0.25) is 9.69 Å². The maximum Gasteiger partial charge on any atom is 0.271 e. The summed E-state index contributed by atoms with van der Waals surface area (Å²) < 4.78 is 43.1. The molecule has 34 heavy (non-hydrogen) atoms. The summed E-state index contributed by atoms with van der Waals surface area (Å²) in [6.45, 7) is 0. The maximum absolute atomic E-state index is 13.5. The van der Waals surface area contributed by atoms with E-state index in [1.54, 1.807) is 18.2 Å². The van der Waals surface area contributed by atoms with Gasteiger partial charge in [0, 0.05) is 12.1 Å². The molecule has 0 aliphatic carbocycles. The molecule has 1 fully saturated rings. The van der Waals surface area contributed by atoms with Crippen molar-refractivity contribution >= 4 is 40.3 Å². The smallest absolute Gasteiger partial charge is 0.271 e. The molecule has 1 aliphatic heterocycles. The molecule has 1 amide bonds. The number of amides is 1. The highest BCUT2D eigenvalue weighted by molar-refractivity contribution is 8.19. The maximum atomic E-state index is 13.5. The van der Waals surface area contributed by atoms with Crippen LogP contribution in [-0.2, 0) is 4.79 Å². The van der Waals surface area contributed by atoms with Crippen molar-refractivity contribution in [3.63, 3.8) is 0 Å². The number of benzene rings is 3. The third kappa shape index (κ3) is 4.74. The average molecular weight is 483 g/mol. The van der Waals surface area contributed by atoms with E-state index in [1.807, 2.05) is 0 Å². The minimum Gasteiger partial charge on any atom is -0.496 e. The van der Waals surface area contributed by atoms with Crippen LogP contribution in [0.1, 0.15) is 5.56 Å². The third-order valence-corrected chi connectivity index (χ3v) is 5.94.